The van der Waals surface area contributed by atoms with Crippen LogP contribution in [0.1, 0.15) is 26.2 Å². The van der Waals surface area contributed by atoms with Crippen LogP contribution in [0.15, 0.2) is 11.6 Å². The van der Waals surface area contributed by atoms with E-state index in [0.717, 1.165) is 6.42 Å². The van der Waals surface area contributed by atoms with Gasteiger partial charge in [-0.1, -0.05) is 11.6 Å². The van der Waals surface area contributed by atoms with Crippen LogP contribution in [-0.2, 0) is 19.6 Å². The molecule has 5 nitrogen and oxygen atoms in total. The van der Waals surface area contributed by atoms with Gasteiger partial charge >= 0.3 is 5.97 Å². The number of carbonyl (C=O) groups excluding carboxylic acids is 1. The van der Waals surface area contributed by atoms with E-state index in [1.54, 1.807) is 0 Å². The summed E-state index contributed by atoms with van der Waals surface area (Å²) in [6.45, 7) is 3.00. The Morgan fingerprint density at radius 1 is 1.53 bits per heavy atom. The van der Waals surface area contributed by atoms with Crippen LogP contribution in [0.2, 0.25) is 0 Å². The van der Waals surface area contributed by atoms with Gasteiger partial charge in [0, 0.05) is 19.5 Å². The number of carbonyl (C=O) groups is 1. The van der Waals surface area contributed by atoms with Gasteiger partial charge in [-0.15, -0.1) is 0 Å². The molecule has 0 bridgehead atoms. The van der Waals surface area contributed by atoms with Gasteiger partial charge in [-0.25, -0.2) is 8.42 Å². The molecule has 0 aliphatic carbocycles. The van der Waals surface area contributed by atoms with E-state index in [1.807, 2.05) is 13.0 Å². The largest absolute Gasteiger partial charge is 0.469 e. The average Bonchev–Trinajstić information content (AvgIpc) is 2.29. The first-order valence-corrected chi connectivity index (χ1v) is 7.27. The second-order valence-electron chi connectivity index (χ2n) is 4.15. The Bertz CT molecular complexity index is 400. The molecule has 6 heteroatoms. The molecule has 0 saturated carbocycles. The maximum atomic E-state index is 11.9. The van der Waals surface area contributed by atoms with Crippen molar-refractivity contribution in [3.05, 3.63) is 11.6 Å². The van der Waals surface area contributed by atoms with Gasteiger partial charge in [0.2, 0.25) is 10.0 Å². The van der Waals surface area contributed by atoms with Crippen molar-refractivity contribution < 1.29 is 17.9 Å². The van der Waals surface area contributed by atoms with E-state index in [9.17, 15) is 13.2 Å². The van der Waals surface area contributed by atoms with Crippen LogP contribution in [0.25, 0.3) is 0 Å². The monoisotopic (exact) mass is 261 g/mol. The fourth-order valence-electron chi connectivity index (χ4n) is 1.63. The van der Waals surface area contributed by atoms with E-state index in [-0.39, 0.29) is 18.1 Å². The van der Waals surface area contributed by atoms with Gasteiger partial charge in [0.15, 0.2) is 0 Å². The summed E-state index contributed by atoms with van der Waals surface area (Å²) in [5.41, 5.74) is 1.23. The number of methoxy groups -OCH3 is 1. The molecule has 1 aliphatic rings. The Morgan fingerprint density at radius 2 is 2.24 bits per heavy atom. The molecule has 0 unspecified atom stereocenters. The molecule has 0 N–H and O–H groups in total. The van der Waals surface area contributed by atoms with Crippen molar-refractivity contribution in [2.24, 2.45) is 0 Å². The highest BCUT2D eigenvalue weighted by Crippen LogP contribution is 2.14. The van der Waals surface area contributed by atoms with Crippen molar-refractivity contribution >= 4 is 16.0 Å². The first-order valence-electron chi connectivity index (χ1n) is 5.66. The summed E-state index contributed by atoms with van der Waals surface area (Å²) in [5.74, 6) is -0.357. The molecular formula is C11H19NO4S. The molecule has 0 fully saturated rings. The van der Waals surface area contributed by atoms with Gasteiger partial charge in [-0.05, 0) is 19.8 Å². The van der Waals surface area contributed by atoms with Gasteiger partial charge in [-0.2, -0.15) is 4.31 Å². The summed E-state index contributed by atoms with van der Waals surface area (Å²) in [6, 6.07) is 0. The summed E-state index contributed by atoms with van der Waals surface area (Å²) >= 11 is 0. The SMILES string of the molecule is COC(=O)CCCS(=O)(=O)N1CC=C(C)CC1. The number of rotatable bonds is 5. The molecule has 1 rings (SSSR count). The smallest absolute Gasteiger partial charge is 0.305 e. The summed E-state index contributed by atoms with van der Waals surface area (Å²) in [6.07, 6.45) is 3.18. The molecule has 1 aliphatic heterocycles. The second kappa shape index (κ2) is 6.16. The quantitative estimate of drug-likeness (QED) is 0.545. The minimum absolute atomic E-state index is 0.00892. The van der Waals surface area contributed by atoms with Crippen molar-refractivity contribution in [3.63, 3.8) is 0 Å². The molecule has 0 spiro atoms. The maximum Gasteiger partial charge on any atom is 0.305 e. The first-order chi connectivity index (χ1) is 7.95. The van der Waals surface area contributed by atoms with Crippen LogP contribution < -0.4 is 0 Å². The Balaban J connectivity index is 2.44. The third-order valence-electron chi connectivity index (χ3n) is 2.80. The third-order valence-corrected chi connectivity index (χ3v) is 4.73. The molecule has 1 heterocycles. The predicted molar refractivity (Wildman–Crippen MR) is 65.0 cm³/mol. The standard InChI is InChI=1S/C11H19NO4S/c1-10-5-7-12(8-6-10)17(14,15)9-3-4-11(13)16-2/h5H,3-4,6-9H2,1-2H3. The van der Waals surface area contributed by atoms with Crippen LogP contribution in [0.5, 0.6) is 0 Å². The Kier molecular flexibility index (Phi) is 5.14. The molecule has 0 saturated heterocycles. The molecule has 0 aromatic rings. The number of nitrogens with zero attached hydrogens (tertiary/aromatic N) is 1. The topological polar surface area (TPSA) is 63.7 Å². The molecule has 98 valence electrons. The summed E-state index contributed by atoms with van der Waals surface area (Å²) in [5, 5.41) is 0. The van der Waals surface area contributed by atoms with Crippen molar-refractivity contribution in [2.45, 2.75) is 26.2 Å². The second-order valence-corrected chi connectivity index (χ2v) is 6.24. The van der Waals surface area contributed by atoms with Crippen molar-refractivity contribution in [3.8, 4) is 0 Å². The van der Waals surface area contributed by atoms with Crippen LogP contribution in [0.4, 0.5) is 0 Å². The van der Waals surface area contributed by atoms with E-state index in [1.165, 1.54) is 17.0 Å². The normalized spacial score (nSPS) is 17.6. The van der Waals surface area contributed by atoms with Gasteiger partial charge in [-0.3, -0.25) is 4.79 Å². The van der Waals surface area contributed by atoms with E-state index < -0.39 is 10.0 Å². The van der Waals surface area contributed by atoms with Crippen LogP contribution >= 0.6 is 0 Å². The zero-order valence-corrected chi connectivity index (χ0v) is 11.1. The molecular weight excluding hydrogens is 242 g/mol. The lowest BCUT2D eigenvalue weighted by molar-refractivity contribution is -0.140. The van der Waals surface area contributed by atoms with E-state index in [4.69, 9.17) is 0 Å². The zero-order chi connectivity index (χ0) is 12.9. The Labute approximate surface area is 102 Å². The van der Waals surface area contributed by atoms with E-state index >= 15 is 0 Å². The minimum Gasteiger partial charge on any atom is -0.469 e. The highest BCUT2D eigenvalue weighted by Gasteiger charge is 2.23. The minimum atomic E-state index is -3.23. The lowest BCUT2D eigenvalue weighted by atomic mass is 10.1. The number of esters is 1. The highest BCUT2D eigenvalue weighted by molar-refractivity contribution is 7.89. The summed E-state index contributed by atoms with van der Waals surface area (Å²) in [7, 11) is -1.93. The van der Waals surface area contributed by atoms with Crippen molar-refractivity contribution in [2.75, 3.05) is 26.0 Å². The molecule has 0 amide bonds. The molecule has 0 atom stereocenters. The predicted octanol–water partition coefficient (Wildman–Crippen LogP) is 0.921. The van der Waals surface area contributed by atoms with E-state index in [0.29, 0.717) is 19.5 Å². The molecule has 0 radical (unpaired) electrons. The number of hydrogen-bond acceptors (Lipinski definition) is 4. The third kappa shape index (κ3) is 4.47. The van der Waals surface area contributed by atoms with Gasteiger partial charge in [0.25, 0.3) is 0 Å². The van der Waals surface area contributed by atoms with Gasteiger partial charge in [0.1, 0.15) is 0 Å². The van der Waals surface area contributed by atoms with Gasteiger partial charge in [0.05, 0.1) is 12.9 Å². The fraction of sp³-hybridized carbons (Fsp3) is 0.727. The number of ether oxygens (including phenoxy) is 1. The highest BCUT2D eigenvalue weighted by atomic mass is 32.2. The maximum absolute atomic E-state index is 11.9. The average molecular weight is 261 g/mol. The molecule has 0 aromatic carbocycles. The Morgan fingerprint density at radius 3 is 2.76 bits per heavy atom. The first kappa shape index (κ1) is 14.2. The number of hydrogen-bond donors (Lipinski definition) is 0. The van der Waals surface area contributed by atoms with Crippen molar-refractivity contribution in [1.29, 1.82) is 0 Å². The summed E-state index contributed by atoms with van der Waals surface area (Å²) in [4.78, 5) is 10.9. The van der Waals surface area contributed by atoms with E-state index in [2.05, 4.69) is 4.74 Å². The molecule has 0 aromatic heterocycles. The van der Waals surface area contributed by atoms with Crippen LogP contribution in [-0.4, -0.2) is 44.6 Å². The summed E-state index contributed by atoms with van der Waals surface area (Å²) < 4.78 is 29.8. The zero-order valence-electron chi connectivity index (χ0n) is 10.3. The van der Waals surface area contributed by atoms with Gasteiger partial charge < -0.3 is 4.74 Å². The lowest BCUT2D eigenvalue weighted by Crippen LogP contribution is -2.36. The Hall–Kier alpha value is -0.880. The number of sulfonamides is 1. The molecule has 17 heavy (non-hydrogen) atoms. The lowest BCUT2D eigenvalue weighted by Gasteiger charge is -2.24. The fourth-order valence-corrected chi connectivity index (χ4v) is 3.07. The van der Waals surface area contributed by atoms with Crippen LogP contribution in [0.3, 0.4) is 0 Å². The van der Waals surface area contributed by atoms with Crippen LogP contribution in [0, 0.1) is 0 Å². The van der Waals surface area contributed by atoms with Crippen molar-refractivity contribution in [1.82, 2.24) is 4.31 Å².